The molecule has 0 unspecified atom stereocenters. The lowest BCUT2D eigenvalue weighted by atomic mass is 9.90. The third kappa shape index (κ3) is 3.51. The van der Waals surface area contributed by atoms with Crippen molar-refractivity contribution in [2.45, 2.75) is 38.5 Å². The molecule has 2 aromatic carbocycles. The van der Waals surface area contributed by atoms with Crippen LogP contribution in [0.25, 0.3) is 0 Å². The fraction of sp³-hybridized carbons (Fsp3) is 0.381. The van der Waals surface area contributed by atoms with Crippen LogP contribution in [0.4, 0.5) is 5.69 Å². The molecule has 5 heteroatoms. The van der Waals surface area contributed by atoms with Crippen LogP contribution in [0.5, 0.6) is 0 Å². The van der Waals surface area contributed by atoms with Crippen LogP contribution in [0.1, 0.15) is 40.9 Å². The first kappa shape index (κ1) is 18.6. The van der Waals surface area contributed by atoms with E-state index in [1.807, 2.05) is 62.4 Å². The minimum Gasteiger partial charge on any atom is -0.396 e. The number of aliphatic hydroxyl groups is 2. The minimum absolute atomic E-state index is 0.0397. The molecule has 0 radical (unpaired) electrons. The highest BCUT2D eigenvalue weighted by Gasteiger charge is 2.41. The topological polar surface area (TPSA) is 70.0 Å². The Morgan fingerprint density at radius 2 is 1.85 bits per heavy atom. The lowest BCUT2D eigenvalue weighted by Crippen LogP contribution is -2.52. The quantitative estimate of drug-likeness (QED) is 0.809. The zero-order valence-electron chi connectivity index (χ0n) is 15.1. The molecule has 26 heavy (non-hydrogen) atoms. The van der Waals surface area contributed by atoms with Crippen LogP contribution in [0.2, 0.25) is 0 Å². The molecular formula is C21H25NO4. The van der Waals surface area contributed by atoms with Crippen molar-refractivity contribution in [2.24, 2.45) is 0 Å². The highest BCUT2D eigenvalue weighted by Crippen LogP contribution is 2.40. The summed E-state index contributed by atoms with van der Waals surface area (Å²) in [4.78, 5) is 14.8. The smallest absolute Gasteiger partial charge is 0.258 e. The molecule has 3 atom stereocenters. The first-order valence-electron chi connectivity index (χ1n) is 8.94. The number of aliphatic hydroxyl groups excluding tert-OH is 2. The summed E-state index contributed by atoms with van der Waals surface area (Å²) in [5, 5.41) is 19.8. The van der Waals surface area contributed by atoms with E-state index in [1.165, 1.54) is 0 Å². The number of carbonyl (C=O) groups is 1. The van der Waals surface area contributed by atoms with Crippen molar-refractivity contribution >= 4 is 11.6 Å². The predicted octanol–water partition coefficient (Wildman–Crippen LogP) is 2.84. The standard InChI is InChI=1S/C21H25NO4/c1-14-8-10-16(11-9-14)21(25)22-15(2)19(24)20(26-13-5-12-23)17-6-3-4-7-18(17)22/h3-4,6-11,15,19-20,23-24H,5,12-13H2,1-2H3/t15-,19-,20-/m0/s1. The third-order valence-electron chi connectivity index (χ3n) is 4.83. The highest BCUT2D eigenvalue weighted by atomic mass is 16.5. The number of carbonyl (C=O) groups excluding carboxylic acids is 1. The lowest BCUT2D eigenvalue weighted by Gasteiger charge is -2.42. The predicted molar refractivity (Wildman–Crippen MR) is 100 cm³/mol. The molecule has 1 aliphatic rings. The van der Waals surface area contributed by atoms with Crippen LogP contribution in [0, 0.1) is 6.92 Å². The summed E-state index contributed by atoms with van der Waals surface area (Å²) in [6.45, 7) is 4.20. The Morgan fingerprint density at radius 1 is 1.15 bits per heavy atom. The molecule has 3 rings (SSSR count). The van der Waals surface area contributed by atoms with Gasteiger partial charge in [0.15, 0.2) is 0 Å². The summed E-state index contributed by atoms with van der Waals surface area (Å²) in [6, 6.07) is 14.5. The Morgan fingerprint density at radius 3 is 2.54 bits per heavy atom. The van der Waals surface area contributed by atoms with Crippen LogP contribution in [0.3, 0.4) is 0 Å². The van der Waals surface area contributed by atoms with E-state index >= 15 is 0 Å². The van der Waals surface area contributed by atoms with Gasteiger partial charge in [-0.15, -0.1) is 0 Å². The number of amides is 1. The summed E-state index contributed by atoms with van der Waals surface area (Å²) < 4.78 is 5.83. The number of aryl methyl sites for hydroxylation is 1. The van der Waals surface area contributed by atoms with Gasteiger partial charge in [-0.2, -0.15) is 0 Å². The number of benzene rings is 2. The van der Waals surface area contributed by atoms with Gasteiger partial charge in [0.05, 0.1) is 11.7 Å². The van der Waals surface area contributed by atoms with Crippen LogP contribution in [-0.2, 0) is 4.74 Å². The Bertz CT molecular complexity index is 759. The maximum absolute atomic E-state index is 13.1. The van der Waals surface area contributed by atoms with Gasteiger partial charge in [-0.05, 0) is 38.5 Å². The number of hydrogen-bond donors (Lipinski definition) is 2. The van der Waals surface area contributed by atoms with Crippen molar-refractivity contribution in [3.8, 4) is 0 Å². The fourth-order valence-electron chi connectivity index (χ4n) is 3.35. The van der Waals surface area contributed by atoms with E-state index in [2.05, 4.69) is 0 Å². The number of ether oxygens (including phenoxy) is 1. The first-order valence-corrected chi connectivity index (χ1v) is 8.94. The summed E-state index contributed by atoms with van der Waals surface area (Å²) in [6.07, 6.45) is -0.862. The third-order valence-corrected chi connectivity index (χ3v) is 4.83. The van der Waals surface area contributed by atoms with E-state index in [4.69, 9.17) is 9.84 Å². The maximum Gasteiger partial charge on any atom is 0.258 e. The van der Waals surface area contributed by atoms with Crippen molar-refractivity contribution in [1.82, 2.24) is 0 Å². The molecule has 1 aliphatic heterocycles. The number of hydrogen-bond acceptors (Lipinski definition) is 4. The van der Waals surface area contributed by atoms with Gasteiger partial charge in [0.1, 0.15) is 12.2 Å². The Kier molecular flexibility index (Phi) is 5.71. The number of anilines is 1. The van der Waals surface area contributed by atoms with Gasteiger partial charge in [0.25, 0.3) is 5.91 Å². The zero-order valence-corrected chi connectivity index (χ0v) is 15.1. The summed E-state index contributed by atoms with van der Waals surface area (Å²) in [7, 11) is 0. The van der Waals surface area contributed by atoms with Crippen molar-refractivity contribution in [3.05, 3.63) is 65.2 Å². The second-order valence-corrected chi connectivity index (χ2v) is 6.70. The Balaban J connectivity index is 1.96. The molecule has 0 fully saturated rings. The molecule has 0 saturated carbocycles. The normalized spacial score (nSPS) is 22.2. The van der Waals surface area contributed by atoms with Crippen molar-refractivity contribution in [3.63, 3.8) is 0 Å². The van der Waals surface area contributed by atoms with Gasteiger partial charge in [0.2, 0.25) is 0 Å². The maximum atomic E-state index is 13.1. The highest BCUT2D eigenvalue weighted by molar-refractivity contribution is 6.07. The summed E-state index contributed by atoms with van der Waals surface area (Å²) in [5.41, 5.74) is 3.22. The molecule has 138 valence electrons. The number of fused-ring (bicyclic) bond motifs is 1. The van der Waals surface area contributed by atoms with Gasteiger partial charge in [-0.1, -0.05) is 35.9 Å². The molecule has 0 bridgehead atoms. The second-order valence-electron chi connectivity index (χ2n) is 6.70. The molecule has 0 aliphatic carbocycles. The molecule has 0 aromatic heterocycles. The number of rotatable bonds is 5. The van der Waals surface area contributed by atoms with Gasteiger partial charge < -0.3 is 19.8 Å². The lowest BCUT2D eigenvalue weighted by molar-refractivity contribution is -0.0550. The van der Waals surface area contributed by atoms with E-state index in [9.17, 15) is 9.90 Å². The molecule has 5 nitrogen and oxygen atoms in total. The number of nitrogens with zero attached hydrogens (tertiary/aromatic N) is 1. The Labute approximate surface area is 153 Å². The SMILES string of the molecule is Cc1ccc(C(=O)N2c3ccccc3[C@H](OCCCO)[C@@H](O)[C@@H]2C)cc1. The van der Waals surface area contributed by atoms with E-state index in [0.717, 1.165) is 16.8 Å². The monoisotopic (exact) mass is 355 g/mol. The van der Waals surface area contributed by atoms with Crippen LogP contribution < -0.4 is 4.90 Å². The van der Waals surface area contributed by atoms with Gasteiger partial charge in [-0.25, -0.2) is 0 Å². The minimum atomic E-state index is -0.849. The first-order chi connectivity index (χ1) is 12.5. The molecule has 2 N–H and O–H groups in total. The fourth-order valence-corrected chi connectivity index (χ4v) is 3.35. The zero-order chi connectivity index (χ0) is 18.7. The van der Waals surface area contributed by atoms with Crippen molar-refractivity contribution < 1.29 is 19.7 Å². The van der Waals surface area contributed by atoms with E-state index in [0.29, 0.717) is 18.6 Å². The van der Waals surface area contributed by atoms with Gasteiger partial charge in [0, 0.05) is 24.3 Å². The van der Waals surface area contributed by atoms with Crippen LogP contribution in [-0.4, -0.2) is 41.5 Å². The van der Waals surface area contributed by atoms with Gasteiger partial charge in [-0.3, -0.25) is 4.79 Å². The Hall–Kier alpha value is -2.21. The van der Waals surface area contributed by atoms with E-state index < -0.39 is 18.2 Å². The summed E-state index contributed by atoms with van der Waals surface area (Å²) in [5.74, 6) is -0.141. The van der Waals surface area contributed by atoms with Gasteiger partial charge >= 0.3 is 0 Å². The molecular weight excluding hydrogens is 330 g/mol. The second kappa shape index (κ2) is 7.99. The molecule has 1 heterocycles. The van der Waals surface area contributed by atoms with Crippen molar-refractivity contribution in [1.29, 1.82) is 0 Å². The molecule has 0 saturated heterocycles. The molecule has 0 spiro atoms. The van der Waals surface area contributed by atoms with Crippen LogP contribution >= 0.6 is 0 Å². The average molecular weight is 355 g/mol. The molecule has 2 aromatic rings. The largest absolute Gasteiger partial charge is 0.396 e. The van der Waals surface area contributed by atoms with E-state index in [-0.39, 0.29) is 12.5 Å². The van der Waals surface area contributed by atoms with Crippen molar-refractivity contribution in [2.75, 3.05) is 18.1 Å². The van der Waals surface area contributed by atoms with E-state index in [1.54, 1.807) is 4.90 Å². The molecule has 1 amide bonds. The number of para-hydroxylation sites is 1. The van der Waals surface area contributed by atoms with Crippen LogP contribution in [0.15, 0.2) is 48.5 Å². The summed E-state index contributed by atoms with van der Waals surface area (Å²) >= 11 is 0. The average Bonchev–Trinajstić information content (AvgIpc) is 2.65.